The van der Waals surface area contributed by atoms with Crippen molar-refractivity contribution in [2.45, 2.75) is 91.1 Å². The molecule has 1 radical (unpaired) electrons. The normalized spacial score (nSPS) is 16.9. The van der Waals surface area contributed by atoms with Crippen molar-refractivity contribution in [3.63, 3.8) is 0 Å². The van der Waals surface area contributed by atoms with Crippen molar-refractivity contribution in [2.75, 3.05) is 37.1 Å². The Morgan fingerprint density at radius 3 is 1.08 bits per heavy atom. The van der Waals surface area contributed by atoms with Crippen LogP contribution in [0.15, 0.2) is 150 Å². The van der Waals surface area contributed by atoms with Crippen LogP contribution in [0.1, 0.15) is 91.2 Å². The number of nitrogens with zero attached hydrogens (tertiary/aromatic N) is 10. The molecule has 8 rings (SSSR count). The first kappa shape index (κ1) is 53.0. The molecule has 2 heterocycles. The fraction of sp³-hybridized carbons (Fsp3) is 0.333. The molecule has 2 aliphatic rings. The van der Waals surface area contributed by atoms with Gasteiger partial charge in [-0.3, -0.25) is 0 Å². The third kappa shape index (κ3) is 12.3. The van der Waals surface area contributed by atoms with Gasteiger partial charge in [0.1, 0.15) is 57.2 Å². The molecule has 0 bridgehead atoms. The Kier molecular flexibility index (Phi) is 16.9. The molecule has 0 aliphatic carbocycles. The number of rotatable bonds is 12. The minimum Gasteiger partial charge on any atom is -0.506 e. The largest absolute Gasteiger partial charge is 0.506 e. The Balaban J connectivity index is 0.000000229. The molecule has 0 spiro atoms. The maximum atomic E-state index is 10.7. The first-order chi connectivity index (χ1) is 33.4. The van der Waals surface area contributed by atoms with E-state index in [2.05, 4.69) is 106 Å². The maximum Gasteiger partial charge on any atom is 0.145 e. The minimum absolute atomic E-state index is 0. The van der Waals surface area contributed by atoms with Crippen LogP contribution in [0.4, 0.5) is 56.9 Å². The van der Waals surface area contributed by atoms with E-state index in [0.717, 1.165) is 59.9 Å². The monoisotopic (exact) mass is 1010 g/mol. The summed E-state index contributed by atoms with van der Waals surface area (Å²) >= 11 is 0. The molecular formula is C54H62CoN10O6. The number of phenolic OH excluding ortho intramolecular Hbond substituents is 4. The topological polar surface area (TPSA) is 205 Å². The zero-order chi connectivity index (χ0) is 50.3. The predicted molar refractivity (Wildman–Crippen MR) is 275 cm³/mol. The molecule has 2 atom stereocenters. The van der Waals surface area contributed by atoms with Crippen molar-refractivity contribution >= 4 is 56.9 Å². The number of azo groups is 4. The summed E-state index contributed by atoms with van der Waals surface area (Å²) in [7, 11) is 3.21. The van der Waals surface area contributed by atoms with Gasteiger partial charge in [-0.25, -0.2) is 0 Å². The Bertz CT molecular complexity index is 2740. The van der Waals surface area contributed by atoms with Gasteiger partial charge in [0.25, 0.3) is 0 Å². The van der Waals surface area contributed by atoms with Crippen LogP contribution in [-0.2, 0) is 16.8 Å². The number of phenols is 4. The van der Waals surface area contributed by atoms with Crippen molar-refractivity contribution in [1.29, 1.82) is 0 Å². The van der Waals surface area contributed by atoms with Gasteiger partial charge in [0, 0.05) is 64.5 Å². The molecule has 6 aromatic carbocycles. The Hall–Kier alpha value is -7.37. The molecule has 16 nitrogen and oxygen atoms in total. The van der Waals surface area contributed by atoms with E-state index in [-0.39, 0.29) is 62.2 Å². The zero-order valence-electron chi connectivity index (χ0n) is 41.8. The van der Waals surface area contributed by atoms with E-state index in [0.29, 0.717) is 46.0 Å². The molecule has 4 N–H and O–H groups in total. The van der Waals surface area contributed by atoms with Crippen molar-refractivity contribution in [1.82, 2.24) is 0 Å². The molecule has 0 saturated heterocycles. The van der Waals surface area contributed by atoms with Gasteiger partial charge in [-0.05, 0) is 174 Å². The molecule has 2 unspecified atom stereocenters. The van der Waals surface area contributed by atoms with Gasteiger partial charge < -0.3 is 39.7 Å². The Morgan fingerprint density at radius 1 is 0.451 bits per heavy atom. The van der Waals surface area contributed by atoms with Gasteiger partial charge in [0.2, 0.25) is 0 Å². The van der Waals surface area contributed by atoms with Crippen LogP contribution in [0, 0.1) is 0 Å². The number of hydrogen-bond acceptors (Lipinski definition) is 16. The molecule has 0 fully saturated rings. The Labute approximate surface area is 425 Å². The molecule has 0 aromatic heterocycles. The second-order valence-corrected chi connectivity index (χ2v) is 18.7. The van der Waals surface area contributed by atoms with E-state index in [9.17, 15) is 20.4 Å². The van der Waals surface area contributed by atoms with Crippen molar-refractivity contribution < 1.29 is 46.7 Å². The molecule has 0 amide bonds. The predicted octanol–water partition coefficient (Wildman–Crippen LogP) is 16.1. The summed E-state index contributed by atoms with van der Waals surface area (Å²) < 4.78 is 10.3. The third-order valence-electron chi connectivity index (χ3n) is 12.8. The van der Waals surface area contributed by atoms with Crippen molar-refractivity contribution in [2.24, 2.45) is 40.9 Å². The fourth-order valence-electron chi connectivity index (χ4n) is 9.42. The van der Waals surface area contributed by atoms with Crippen molar-refractivity contribution in [3.8, 4) is 34.5 Å². The molecule has 2 aliphatic heterocycles. The van der Waals surface area contributed by atoms with Gasteiger partial charge in [0.15, 0.2) is 0 Å². The first-order valence-corrected chi connectivity index (χ1v) is 23.3. The summed E-state index contributed by atoms with van der Waals surface area (Å²) in [5.74, 6) is 2.12. The van der Waals surface area contributed by atoms with Gasteiger partial charge in [-0.2, -0.15) is 20.5 Å². The van der Waals surface area contributed by atoms with Gasteiger partial charge >= 0.3 is 0 Å². The number of methoxy groups -OCH3 is 2. The van der Waals surface area contributed by atoms with E-state index in [1.807, 2.05) is 12.1 Å². The van der Waals surface area contributed by atoms with Gasteiger partial charge in [-0.1, -0.05) is 13.8 Å². The first-order valence-electron chi connectivity index (χ1n) is 23.3. The second-order valence-electron chi connectivity index (χ2n) is 18.7. The number of fused-ring (bicyclic) bond motifs is 2. The number of aromatic hydroxyl groups is 4. The zero-order valence-corrected chi connectivity index (χ0v) is 42.8. The third-order valence-corrected chi connectivity index (χ3v) is 12.8. The molecule has 71 heavy (non-hydrogen) atoms. The van der Waals surface area contributed by atoms with Crippen LogP contribution >= 0.6 is 0 Å². The van der Waals surface area contributed by atoms with E-state index < -0.39 is 0 Å². The van der Waals surface area contributed by atoms with E-state index in [1.54, 1.807) is 99.1 Å². The van der Waals surface area contributed by atoms with E-state index in [1.165, 1.54) is 12.1 Å². The summed E-state index contributed by atoms with van der Waals surface area (Å²) in [6.07, 6.45) is 1.99. The van der Waals surface area contributed by atoms with Crippen LogP contribution < -0.4 is 19.3 Å². The van der Waals surface area contributed by atoms with E-state index in [4.69, 9.17) is 9.47 Å². The summed E-state index contributed by atoms with van der Waals surface area (Å²) in [4.78, 5) is 4.62. The Morgan fingerprint density at radius 2 is 0.761 bits per heavy atom. The SMILES string of the molecule is CCN1c2cc(O)c(N=Nc3cc(N=Nc4ccc(OC)cc4)ccc3O)cc2C(C)CC1(C)C.CCN1c2cc(O)c(N=Nc3cc(N=Nc4ccc(OC)cc4)ccc3O)cc2C(C)CC1(C)C.[Co]. The maximum absolute atomic E-state index is 10.7. The van der Waals surface area contributed by atoms with Crippen LogP contribution in [-0.4, -0.2) is 58.8 Å². The quantitative estimate of drug-likeness (QED) is 0.0866. The molecular weight excluding hydrogens is 944 g/mol. The molecule has 6 aromatic rings. The van der Waals surface area contributed by atoms with Gasteiger partial charge in [0.05, 0.1) is 37.0 Å². The minimum atomic E-state index is -0.0399. The summed E-state index contributed by atoms with van der Waals surface area (Å²) in [6.45, 7) is 19.2. The summed E-state index contributed by atoms with van der Waals surface area (Å²) in [5.41, 5.74) is 7.85. The van der Waals surface area contributed by atoms with Crippen LogP contribution in [0.3, 0.4) is 0 Å². The van der Waals surface area contributed by atoms with E-state index >= 15 is 0 Å². The van der Waals surface area contributed by atoms with Crippen molar-refractivity contribution in [3.05, 3.63) is 120 Å². The molecule has 17 heteroatoms. The van der Waals surface area contributed by atoms with Crippen LogP contribution in [0.2, 0.25) is 0 Å². The number of benzene rings is 6. The standard InChI is InChI=1S/2C27H31N5O3.Co/c2*1-6-32-24-15-26(34)23(14-21(24)17(2)16-27(32,3)4)31-30-22-13-19(9-12-25(22)33)29-28-18-7-10-20(35-5)11-8-18;/h2*7-15,17,33-34H,6,16H2,1-5H3;. The summed E-state index contributed by atoms with van der Waals surface area (Å²) in [6, 6.07) is 31.2. The summed E-state index contributed by atoms with van der Waals surface area (Å²) in [5, 5.41) is 75.7. The number of ether oxygens (including phenoxy) is 2. The number of hydrogen-bond donors (Lipinski definition) is 4. The molecule has 0 saturated carbocycles. The van der Waals surface area contributed by atoms with Gasteiger partial charge in [-0.15, -0.1) is 20.5 Å². The van der Waals surface area contributed by atoms with Crippen LogP contribution in [0.5, 0.6) is 34.5 Å². The van der Waals surface area contributed by atoms with Crippen LogP contribution in [0.25, 0.3) is 0 Å². The average Bonchev–Trinajstić information content (AvgIpc) is 3.33. The molecule has 373 valence electrons. The average molecular weight is 1010 g/mol. The second kappa shape index (κ2) is 22.6. The smallest absolute Gasteiger partial charge is 0.145 e. The number of anilines is 2. The fourth-order valence-corrected chi connectivity index (χ4v) is 9.42.